The van der Waals surface area contributed by atoms with Crippen LogP contribution in [-0.4, -0.2) is 28.1 Å². The molecule has 1 saturated heterocycles. The number of carbonyl (C=O) groups is 2. The average molecular weight is 357 g/mol. The quantitative estimate of drug-likeness (QED) is 0.793. The minimum Gasteiger partial charge on any atom is -0.493 e. The number of hydrogen-bond acceptors (Lipinski definition) is 6. The Kier molecular flexibility index (Phi) is 5.55. The van der Waals surface area contributed by atoms with Crippen molar-refractivity contribution in [2.75, 3.05) is 11.9 Å². The zero-order valence-electron chi connectivity index (χ0n) is 13.8. The summed E-state index contributed by atoms with van der Waals surface area (Å²) in [5.74, 6) is 0.423. The molecule has 2 aromatic rings. The first-order chi connectivity index (χ1) is 12.1. The number of amides is 2. The Morgan fingerprint density at radius 1 is 1.20 bits per heavy atom. The molecule has 1 atom stereocenters. The monoisotopic (exact) mass is 357 g/mol. The van der Waals surface area contributed by atoms with Crippen LogP contribution in [0.3, 0.4) is 0 Å². The number of carbonyl (C=O) groups excluding carboxylic acids is 2. The van der Waals surface area contributed by atoms with E-state index in [2.05, 4.69) is 28.6 Å². The fraction of sp³-hybridized carbons (Fsp3) is 0.278. The third-order valence-corrected chi connectivity index (χ3v) is 4.65. The summed E-state index contributed by atoms with van der Waals surface area (Å²) in [6.07, 6.45) is 3.63. The molecule has 6 nitrogen and oxygen atoms in total. The fourth-order valence-corrected chi connectivity index (χ4v) is 3.07. The van der Waals surface area contributed by atoms with Crippen LogP contribution in [0.1, 0.15) is 18.2 Å². The maximum atomic E-state index is 11.5. The van der Waals surface area contributed by atoms with Crippen molar-refractivity contribution >= 4 is 28.6 Å². The summed E-state index contributed by atoms with van der Waals surface area (Å²) >= 11 is 0.938. The summed E-state index contributed by atoms with van der Waals surface area (Å²) in [7, 11) is 0. The second-order valence-electron chi connectivity index (χ2n) is 5.55. The molecule has 1 fully saturated rings. The second-order valence-corrected chi connectivity index (χ2v) is 6.63. The Hall–Kier alpha value is -2.54. The molecule has 1 aromatic heterocycles. The van der Waals surface area contributed by atoms with Crippen molar-refractivity contribution in [1.29, 1.82) is 0 Å². The van der Waals surface area contributed by atoms with E-state index in [4.69, 9.17) is 4.74 Å². The van der Waals surface area contributed by atoms with Crippen molar-refractivity contribution < 1.29 is 14.3 Å². The van der Waals surface area contributed by atoms with E-state index in [1.165, 1.54) is 5.56 Å². The van der Waals surface area contributed by atoms with Gasteiger partial charge in [-0.05, 0) is 54.1 Å². The number of pyridine rings is 1. The van der Waals surface area contributed by atoms with Crippen LogP contribution in [0, 0.1) is 0 Å². The number of nitrogens with zero attached hydrogens (tertiary/aromatic N) is 1. The topological polar surface area (TPSA) is 80.3 Å². The molecule has 2 amide bonds. The van der Waals surface area contributed by atoms with Crippen LogP contribution in [0.5, 0.6) is 5.75 Å². The van der Waals surface area contributed by atoms with Crippen molar-refractivity contribution in [3.63, 3.8) is 0 Å². The van der Waals surface area contributed by atoms with Crippen molar-refractivity contribution in [3.8, 4) is 5.75 Å². The highest BCUT2D eigenvalue weighted by Gasteiger charge is 2.31. The number of benzene rings is 1. The van der Waals surface area contributed by atoms with E-state index < -0.39 is 5.37 Å². The number of rotatable bonds is 7. The Morgan fingerprint density at radius 2 is 2.00 bits per heavy atom. The smallest absolute Gasteiger partial charge is 0.288 e. The Balaban J connectivity index is 1.47. The molecule has 1 aliphatic rings. The first-order valence-corrected chi connectivity index (χ1v) is 8.96. The lowest BCUT2D eigenvalue weighted by atomic mass is 10.2. The lowest BCUT2D eigenvalue weighted by Gasteiger charge is -2.11. The predicted molar refractivity (Wildman–Crippen MR) is 97.8 cm³/mol. The van der Waals surface area contributed by atoms with E-state index in [1.54, 1.807) is 0 Å². The van der Waals surface area contributed by atoms with Gasteiger partial charge in [0.2, 0.25) is 0 Å². The zero-order chi connectivity index (χ0) is 17.6. The number of aryl methyl sites for hydroxylation is 1. The van der Waals surface area contributed by atoms with Crippen LogP contribution in [-0.2, 0) is 17.6 Å². The van der Waals surface area contributed by atoms with E-state index in [0.717, 1.165) is 41.7 Å². The summed E-state index contributed by atoms with van der Waals surface area (Å²) in [5.41, 5.74) is 2.99. The number of imide groups is 1. The largest absolute Gasteiger partial charge is 0.493 e. The van der Waals surface area contributed by atoms with Crippen LogP contribution in [0.4, 0.5) is 10.5 Å². The van der Waals surface area contributed by atoms with E-state index in [1.807, 2.05) is 36.5 Å². The van der Waals surface area contributed by atoms with Gasteiger partial charge in [-0.2, -0.15) is 0 Å². The molecular weight excluding hydrogens is 338 g/mol. The maximum Gasteiger partial charge on any atom is 0.288 e. The molecule has 0 spiro atoms. The molecule has 25 heavy (non-hydrogen) atoms. The standard InChI is InChI=1S/C18H19N3O3S/c1-2-12-3-4-13(19-11-12)9-10-24-15-7-5-14(6-8-15)20-17-16(22)21-18(23)25-17/h3-8,11,17,20H,2,9-10H2,1H3,(H,21,22,23). The van der Waals surface area contributed by atoms with Gasteiger partial charge in [-0.25, -0.2) is 0 Å². The molecule has 0 bridgehead atoms. The lowest BCUT2D eigenvalue weighted by Crippen LogP contribution is -2.29. The summed E-state index contributed by atoms with van der Waals surface area (Å²) in [4.78, 5) is 27.1. The fourth-order valence-electron chi connectivity index (χ4n) is 2.34. The molecule has 7 heteroatoms. The molecule has 130 valence electrons. The van der Waals surface area contributed by atoms with Gasteiger partial charge >= 0.3 is 0 Å². The highest BCUT2D eigenvalue weighted by Crippen LogP contribution is 2.23. The van der Waals surface area contributed by atoms with Crippen LogP contribution < -0.4 is 15.4 Å². The number of nitrogens with one attached hydrogen (secondary N) is 2. The molecule has 3 rings (SSSR count). The second kappa shape index (κ2) is 8.02. The van der Waals surface area contributed by atoms with E-state index in [9.17, 15) is 9.59 Å². The van der Waals surface area contributed by atoms with Gasteiger partial charge in [0.1, 0.15) is 5.75 Å². The van der Waals surface area contributed by atoms with Crippen molar-refractivity contribution in [3.05, 3.63) is 53.9 Å². The van der Waals surface area contributed by atoms with Gasteiger partial charge in [0.15, 0.2) is 5.37 Å². The van der Waals surface area contributed by atoms with Gasteiger partial charge < -0.3 is 10.1 Å². The molecule has 1 unspecified atom stereocenters. The van der Waals surface area contributed by atoms with E-state index in [0.29, 0.717) is 6.61 Å². The molecular formula is C18H19N3O3S. The first kappa shape index (κ1) is 17.3. The Labute approximate surface area is 150 Å². The van der Waals surface area contributed by atoms with Gasteiger partial charge in [0, 0.05) is 24.0 Å². The molecule has 1 aromatic carbocycles. The molecule has 0 saturated carbocycles. The normalized spacial score (nSPS) is 16.6. The zero-order valence-corrected chi connectivity index (χ0v) is 14.6. The van der Waals surface area contributed by atoms with Crippen LogP contribution in [0.2, 0.25) is 0 Å². The number of ether oxygens (including phenoxy) is 1. The number of aromatic nitrogens is 1. The molecule has 1 aliphatic heterocycles. The van der Waals surface area contributed by atoms with Crippen LogP contribution >= 0.6 is 11.8 Å². The third-order valence-electron chi connectivity index (χ3n) is 3.76. The molecule has 2 heterocycles. The summed E-state index contributed by atoms with van der Waals surface area (Å²) in [6.45, 7) is 2.65. The minimum absolute atomic E-state index is 0.322. The number of anilines is 1. The van der Waals surface area contributed by atoms with Gasteiger partial charge in [0.05, 0.1) is 6.61 Å². The Bertz CT molecular complexity index is 747. The first-order valence-electron chi connectivity index (χ1n) is 8.08. The third kappa shape index (κ3) is 4.73. The Morgan fingerprint density at radius 3 is 2.60 bits per heavy atom. The van der Waals surface area contributed by atoms with Gasteiger partial charge in [-0.15, -0.1) is 0 Å². The lowest BCUT2D eigenvalue weighted by molar-refractivity contribution is -0.118. The van der Waals surface area contributed by atoms with Crippen molar-refractivity contribution in [2.45, 2.75) is 25.1 Å². The SMILES string of the molecule is CCc1ccc(CCOc2ccc(NC3SC(=O)NC3=O)cc2)nc1. The number of thioether (sulfide) groups is 1. The molecule has 0 radical (unpaired) electrons. The van der Waals surface area contributed by atoms with Gasteiger partial charge in [-0.3, -0.25) is 19.9 Å². The van der Waals surface area contributed by atoms with E-state index >= 15 is 0 Å². The predicted octanol–water partition coefficient (Wildman–Crippen LogP) is 2.99. The number of hydrogen-bond donors (Lipinski definition) is 2. The summed E-state index contributed by atoms with van der Waals surface area (Å²) in [5, 5.41) is 4.33. The average Bonchev–Trinajstić information content (AvgIpc) is 2.94. The maximum absolute atomic E-state index is 11.5. The van der Waals surface area contributed by atoms with Crippen LogP contribution in [0.15, 0.2) is 42.6 Å². The molecule has 2 N–H and O–H groups in total. The van der Waals surface area contributed by atoms with E-state index in [-0.39, 0.29) is 11.1 Å². The van der Waals surface area contributed by atoms with Crippen molar-refractivity contribution in [2.24, 2.45) is 0 Å². The summed E-state index contributed by atoms with van der Waals surface area (Å²) < 4.78 is 5.72. The summed E-state index contributed by atoms with van der Waals surface area (Å²) in [6, 6.07) is 11.4. The highest BCUT2D eigenvalue weighted by atomic mass is 32.2. The van der Waals surface area contributed by atoms with Crippen LogP contribution in [0.25, 0.3) is 0 Å². The van der Waals surface area contributed by atoms with Crippen molar-refractivity contribution in [1.82, 2.24) is 10.3 Å². The minimum atomic E-state index is -0.587. The molecule has 0 aliphatic carbocycles. The van der Waals surface area contributed by atoms with Gasteiger partial charge in [-0.1, -0.05) is 13.0 Å². The highest BCUT2D eigenvalue weighted by molar-refractivity contribution is 8.15. The van der Waals surface area contributed by atoms with Gasteiger partial charge in [0.25, 0.3) is 11.1 Å².